The van der Waals surface area contributed by atoms with Crippen molar-refractivity contribution in [2.45, 2.75) is 30.4 Å². The van der Waals surface area contributed by atoms with Crippen LogP contribution in [0.4, 0.5) is 5.13 Å². The van der Waals surface area contributed by atoms with Gasteiger partial charge in [0.25, 0.3) is 17.7 Å². The Kier molecular flexibility index (Phi) is 6.27. The monoisotopic (exact) mass is 496 g/mol. The number of nitrogens with two attached hydrogens (primary N) is 1. The van der Waals surface area contributed by atoms with E-state index in [1.807, 2.05) is 0 Å². The molecule has 0 aliphatic carbocycles. The van der Waals surface area contributed by atoms with Crippen molar-refractivity contribution >= 4 is 57.6 Å². The molecule has 3 unspecified atom stereocenters. The van der Waals surface area contributed by atoms with Crippen LogP contribution < -0.4 is 11.1 Å². The minimum atomic E-state index is -1.67. The number of likely N-dealkylation sites (tertiary alicyclic amines) is 1. The maximum Gasteiger partial charge on any atom is 0.352 e. The lowest BCUT2D eigenvalue weighted by Crippen LogP contribution is -2.71. The molecule has 6 N–H and O–H groups in total. The molecule has 3 atom stereocenters. The van der Waals surface area contributed by atoms with E-state index in [1.165, 1.54) is 10.3 Å². The number of thioether (sulfide) groups is 1. The Morgan fingerprint density at radius 1 is 1.30 bits per heavy atom. The first-order valence-corrected chi connectivity index (χ1v) is 11.8. The van der Waals surface area contributed by atoms with Crippen LogP contribution in [0, 0.1) is 0 Å². The molecule has 1 aromatic rings. The molecule has 13 nitrogen and oxygen atoms in total. The number of anilines is 1. The summed E-state index contributed by atoms with van der Waals surface area (Å²) in [5, 5.41) is 35.7. The Hall–Kier alpha value is -3.17. The maximum absolute atomic E-state index is 12.8. The molecule has 0 radical (unpaired) electrons. The van der Waals surface area contributed by atoms with E-state index in [2.05, 4.69) is 15.5 Å². The van der Waals surface area contributed by atoms with Gasteiger partial charge in [-0.05, 0) is 12.8 Å². The number of nitrogens with one attached hydrogen (secondary N) is 1. The van der Waals surface area contributed by atoms with E-state index < -0.39 is 52.6 Å². The number of amides is 3. The van der Waals surface area contributed by atoms with Gasteiger partial charge in [0.2, 0.25) is 0 Å². The van der Waals surface area contributed by atoms with Gasteiger partial charge in [0.1, 0.15) is 22.8 Å². The quantitative estimate of drug-likeness (QED) is 0.135. The van der Waals surface area contributed by atoms with Crippen LogP contribution in [0.25, 0.3) is 0 Å². The van der Waals surface area contributed by atoms with Crippen molar-refractivity contribution in [3.63, 3.8) is 0 Å². The van der Waals surface area contributed by atoms with Gasteiger partial charge in [0, 0.05) is 29.8 Å². The molecule has 3 aliphatic heterocycles. The Bertz CT molecular complexity index is 1080. The van der Waals surface area contributed by atoms with E-state index in [1.54, 1.807) is 0 Å². The molecule has 2 fully saturated rings. The number of aliphatic hydroxyl groups excluding tert-OH is 1. The minimum absolute atomic E-state index is 0.0211. The fraction of sp³-hybridized carbons (Fsp3) is 0.444. The number of aliphatic carboxylic acids is 1. The lowest BCUT2D eigenvalue weighted by Gasteiger charge is -2.49. The van der Waals surface area contributed by atoms with E-state index in [9.17, 15) is 34.6 Å². The number of carbonyl (C=O) groups excluding carboxylic acids is 3. The van der Waals surface area contributed by atoms with Crippen LogP contribution in [0.2, 0.25) is 0 Å². The molecule has 0 saturated carbocycles. The van der Waals surface area contributed by atoms with Gasteiger partial charge in [-0.1, -0.05) is 5.16 Å². The van der Waals surface area contributed by atoms with Crippen LogP contribution >= 0.6 is 23.1 Å². The fourth-order valence-electron chi connectivity index (χ4n) is 3.93. The van der Waals surface area contributed by atoms with Crippen LogP contribution in [0.15, 0.2) is 21.8 Å². The number of carboxylic acids is 1. The van der Waals surface area contributed by atoms with Crippen LogP contribution in [-0.4, -0.2) is 96.0 Å². The normalized spacial score (nSPS) is 23.8. The van der Waals surface area contributed by atoms with Gasteiger partial charge in [0.05, 0.1) is 0 Å². The van der Waals surface area contributed by atoms with Gasteiger partial charge < -0.3 is 31.4 Å². The molecule has 0 spiro atoms. The summed E-state index contributed by atoms with van der Waals surface area (Å²) in [4.78, 5) is 56.2. The largest absolute Gasteiger partial charge is 0.477 e. The van der Waals surface area contributed by atoms with Gasteiger partial charge >= 0.3 is 5.97 Å². The zero-order chi connectivity index (χ0) is 23.9. The molecule has 4 rings (SSSR count). The number of aromatic nitrogens is 1. The van der Waals surface area contributed by atoms with Crippen molar-refractivity contribution in [1.29, 1.82) is 0 Å². The predicted octanol–water partition coefficient (Wildman–Crippen LogP) is -1.37. The first kappa shape index (κ1) is 23.0. The number of β-lactam (4-membered cyclic amide) rings is 1. The van der Waals surface area contributed by atoms with Gasteiger partial charge in [-0.15, -0.1) is 23.1 Å². The Morgan fingerprint density at radius 3 is 2.58 bits per heavy atom. The highest BCUT2D eigenvalue weighted by Crippen LogP contribution is 2.41. The number of aliphatic hydroxyl groups is 1. The van der Waals surface area contributed by atoms with Crippen LogP contribution in [0.5, 0.6) is 0 Å². The number of carboxylic acid groups (broad SMARTS) is 1. The predicted molar refractivity (Wildman–Crippen MR) is 116 cm³/mol. The number of carbonyl (C=O) groups is 4. The first-order chi connectivity index (χ1) is 15.7. The highest BCUT2D eigenvalue weighted by molar-refractivity contribution is 8.00. The van der Waals surface area contributed by atoms with Gasteiger partial charge in [-0.25, -0.2) is 9.78 Å². The molecule has 4 heterocycles. The van der Waals surface area contributed by atoms with Gasteiger partial charge in [0.15, 0.2) is 16.9 Å². The average molecular weight is 497 g/mol. The molecule has 1 aromatic heterocycles. The average Bonchev–Trinajstić information content (AvgIpc) is 3.48. The Balaban J connectivity index is 1.52. The molecule has 33 heavy (non-hydrogen) atoms. The number of thiazole rings is 1. The smallest absolute Gasteiger partial charge is 0.352 e. The van der Waals surface area contributed by atoms with Crippen molar-refractivity contribution in [2.24, 2.45) is 5.16 Å². The standard InChI is InChI=1S/C18H20N6O7S2/c19-18-20-8(6-33-18)9(22-31)13(26)21-10-14(27)24-11(17(29)30)7(5-32-16(10)24)12(25)15(28)23-3-1-2-4-23/h6,10,12,16,25,31H,1-5H2,(H2,19,20)(H,21,26)(H,29,30)/b22-9-. The van der Waals surface area contributed by atoms with Gasteiger partial charge in [-0.2, -0.15) is 0 Å². The second kappa shape index (κ2) is 8.99. The molecule has 0 bridgehead atoms. The summed E-state index contributed by atoms with van der Waals surface area (Å²) in [6, 6.07) is -1.10. The summed E-state index contributed by atoms with van der Waals surface area (Å²) in [7, 11) is 0. The number of rotatable bonds is 6. The summed E-state index contributed by atoms with van der Waals surface area (Å²) in [5.74, 6) is -3.70. The molecule has 3 aliphatic rings. The first-order valence-electron chi connectivity index (χ1n) is 9.86. The summed E-state index contributed by atoms with van der Waals surface area (Å²) < 4.78 is 0. The Labute approximate surface area is 194 Å². The second-order valence-corrected chi connectivity index (χ2v) is 9.49. The molecule has 3 amide bonds. The zero-order valence-corrected chi connectivity index (χ0v) is 18.6. The lowest BCUT2D eigenvalue weighted by atomic mass is 9.99. The highest BCUT2D eigenvalue weighted by Gasteiger charge is 2.55. The van der Waals surface area contributed by atoms with Crippen LogP contribution in [0.1, 0.15) is 18.5 Å². The third-order valence-electron chi connectivity index (χ3n) is 5.55. The molecule has 0 aromatic carbocycles. The zero-order valence-electron chi connectivity index (χ0n) is 17.0. The fourth-order valence-corrected chi connectivity index (χ4v) is 5.86. The van der Waals surface area contributed by atoms with E-state index >= 15 is 0 Å². The topological polar surface area (TPSA) is 199 Å². The Morgan fingerprint density at radius 2 is 2.00 bits per heavy atom. The number of oxime groups is 1. The number of fused-ring (bicyclic) bond motifs is 1. The third-order valence-corrected chi connectivity index (χ3v) is 7.52. The number of nitrogen functional groups attached to an aromatic ring is 1. The van der Waals surface area contributed by atoms with E-state index in [4.69, 9.17) is 5.73 Å². The molecular formula is C18H20N6O7S2. The lowest BCUT2D eigenvalue weighted by molar-refractivity contribution is -0.150. The van der Waals surface area contributed by atoms with E-state index in [-0.39, 0.29) is 22.2 Å². The van der Waals surface area contributed by atoms with Crippen molar-refractivity contribution in [1.82, 2.24) is 20.1 Å². The van der Waals surface area contributed by atoms with E-state index in [0.717, 1.165) is 40.8 Å². The SMILES string of the molecule is Nc1nc(/C(=N/O)C(=O)NC2C(=O)N3C(C(=O)O)=C(C(O)C(=O)N4CCCC4)CSC23)cs1. The minimum Gasteiger partial charge on any atom is -0.477 e. The summed E-state index contributed by atoms with van der Waals surface area (Å²) in [6.45, 7) is 0.967. The summed E-state index contributed by atoms with van der Waals surface area (Å²) in [5.41, 5.74) is 4.58. The number of hydrogen-bond acceptors (Lipinski definition) is 11. The van der Waals surface area contributed by atoms with E-state index in [0.29, 0.717) is 13.1 Å². The number of hydrogen-bond donors (Lipinski definition) is 5. The summed E-state index contributed by atoms with van der Waals surface area (Å²) >= 11 is 2.14. The molecular weight excluding hydrogens is 476 g/mol. The van der Waals surface area contributed by atoms with Crippen molar-refractivity contribution in [3.05, 3.63) is 22.3 Å². The molecule has 176 valence electrons. The molecule has 15 heteroatoms. The number of nitrogens with zero attached hydrogens (tertiary/aromatic N) is 4. The van der Waals surface area contributed by atoms with Crippen LogP contribution in [0.3, 0.4) is 0 Å². The summed E-state index contributed by atoms with van der Waals surface area (Å²) in [6.07, 6.45) is -0.0652. The maximum atomic E-state index is 12.8. The van der Waals surface area contributed by atoms with Crippen molar-refractivity contribution in [3.8, 4) is 0 Å². The van der Waals surface area contributed by atoms with Gasteiger partial charge in [-0.3, -0.25) is 19.3 Å². The van der Waals surface area contributed by atoms with Crippen molar-refractivity contribution in [2.75, 3.05) is 24.6 Å². The molecule has 2 saturated heterocycles. The highest BCUT2D eigenvalue weighted by atomic mass is 32.2. The van der Waals surface area contributed by atoms with Crippen molar-refractivity contribution < 1.29 is 34.6 Å². The van der Waals surface area contributed by atoms with Crippen LogP contribution in [-0.2, 0) is 19.2 Å². The third kappa shape index (κ3) is 4.02. The second-order valence-electron chi connectivity index (χ2n) is 7.49.